The molecule has 0 fully saturated rings. The van der Waals surface area contributed by atoms with Gasteiger partial charge in [0.2, 0.25) is 0 Å². The zero-order valence-corrected chi connectivity index (χ0v) is 10.5. The van der Waals surface area contributed by atoms with Crippen molar-refractivity contribution in [2.45, 2.75) is 19.9 Å². The number of imidazole rings is 1. The highest BCUT2D eigenvalue weighted by atomic mass is 19.3. The fraction of sp³-hybridized carbons (Fsp3) is 0.250. The summed E-state index contributed by atoms with van der Waals surface area (Å²) in [5.74, 6) is -0.805. The van der Waals surface area contributed by atoms with Gasteiger partial charge in [0.25, 0.3) is 5.89 Å². The predicted molar refractivity (Wildman–Crippen MR) is 66.0 cm³/mol. The number of hydrogen-bond acceptors (Lipinski definition) is 4. The van der Waals surface area contributed by atoms with Crippen LogP contribution < -0.4 is 5.69 Å². The summed E-state index contributed by atoms with van der Waals surface area (Å²) in [6.07, 6.45) is -2.87. The van der Waals surface area contributed by atoms with Gasteiger partial charge in [0, 0.05) is 6.54 Å². The molecule has 2 aromatic heterocycles. The molecule has 0 bridgehead atoms. The van der Waals surface area contributed by atoms with E-state index in [0.717, 1.165) is 4.57 Å². The molecule has 104 valence electrons. The van der Waals surface area contributed by atoms with Crippen LogP contribution in [-0.2, 0) is 6.54 Å². The summed E-state index contributed by atoms with van der Waals surface area (Å²) in [6.45, 7) is 2.26. The largest absolute Gasteiger partial charge is 0.401 e. The smallest absolute Gasteiger partial charge is 0.337 e. The summed E-state index contributed by atoms with van der Waals surface area (Å²) < 4.78 is 32.5. The van der Waals surface area contributed by atoms with Gasteiger partial charge in [-0.05, 0) is 19.1 Å². The standard InChI is InChI=1S/C12H10F2N4O2/c1-2-17-7-5-3-4-6-8(7)18(12(17)19)11-16-15-10(20-11)9(13)14/h3-6,9H,2H2,1H3. The van der Waals surface area contributed by atoms with Crippen LogP contribution in [0.5, 0.6) is 0 Å². The fourth-order valence-electron chi connectivity index (χ4n) is 2.10. The van der Waals surface area contributed by atoms with Gasteiger partial charge >= 0.3 is 18.1 Å². The molecule has 0 saturated heterocycles. The second-order valence-corrected chi connectivity index (χ2v) is 4.07. The predicted octanol–water partition coefficient (Wildman–Crippen LogP) is 2.13. The van der Waals surface area contributed by atoms with E-state index in [0.29, 0.717) is 17.6 Å². The number of nitrogens with zero attached hydrogens (tertiary/aromatic N) is 4. The van der Waals surface area contributed by atoms with Gasteiger partial charge in [-0.15, -0.1) is 5.10 Å². The zero-order chi connectivity index (χ0) is 14.3. The molecule has 0 aliphatic carbocycles. The first kappa shape index (κ1) is 12.5. The van der Waals surface area contributed by atoms with Crippen LogP contribution in [0.15, 0.2) is 33.5 Å². The molecule has 6 nitrogen and oxygen atoms in total. The van der Waals surface area contributed by atoms with Gasteiger partial charge in [0.1, 0.15) is 0 Å². The Balaban J connectivity index is 2.30. The van der Waals surface area contributed by atoms with E-state index in [1.807, 2.05) is 6.92 Å². The van der Waals surface area contributed by atoms with E-state index in [1.54, 1.807) is 24.3 Å². The SMILES string of the molecule is CCn1c(=O)n(-c2nnc(C(F)F)o2)c2ccccc21. The summed E-state index contributed by atoms with van der Waals surface area (Å²) in [5, 5.41) is 6.76. The number of rotatable bonds is 3. The molecule has 2 heterocycles. The molecule has 0 amide bonds. The lowest BCUT2D eigenvalue weighted by Crippen LogP contribution is -2.22. The number of fused-ring (bicyclic) bond motifs is 1. The van der Waals surface area contributed by atoms with Crippen LogP contribution in [0.3, 0.4) is 0 Å². The van der Waals surface area contributed by atoms with Crippen LogP contribution in [-0.4, -0.2) is 19.3 Å². The molecule has 0 atom stereocenters. The Hall–Kier alpha value is -2.51. The molecular formula is C12H10F2N4O2. The van der Waals surface area contributed by atoms with Gasteiger partial charge in [0.05, 0.1) is 11.0 Å². The highest BCUT2D eigenvalue weighted by Crippen LogP contribution is 2.20. The van der Waals surface area contributed by atoms with Crippen LogP contribution in [0.25, 0.3) is 17.0 Å². The highest BCUT2D eigenvalue weighted by molar-refractivity contribution is 5.77. The normalized spacial score (nSPS) is 11.6. The zero-order valence-electron chi connectivity index (χ0n) is 10.5. The number of para-hydroxylation sites is 2. The minimum atomic E-state index is -2.87. The fourth-order valence-corrected chi connectivity index (χ4v) is 2.10. The molecule has 0 N–H and O–H groups in total. The van der Waals surface area contributed by atoms with Crippen LogP contribution in [0.2, 0.25) is 0 Å². The molecule has 0 aliphatic rings. The van der Waals surface area contributed by atoms with Crippen molar-refractivity contribution in [3.05, 3.63) is 40.6 Å². The van der Waals surface area contributed by atoms with Crippen LogP contribution in [0.4, 0.5) is 8.78 Å². The van der Waals surface area contributed by atoms with Crippen molar-refractivity contribution in [2.75, 3.05) is 0 Å². The molecule has 0 unspecified atom stereocenters. The number of alkyl halides is 2. The van der Waals surface area contributed by atoms with E-state index in [-0.39, 0.29) is 6.01 Å². The van der Waals surface area contributed by atoms with E-state index in [9.17, 15) is 13.6 Å². The van der Waals surface area contributed by atoms with Crippen LogP contribution >= 0.6 is 0 Å². The lowest BCUT2D eigenvalue weighted by molar-refractivity contribution is 0.115. The highest BCUT2D eigenvalue weighted by Gasteiger charge is 2.21. The Morgan fingerprint density at radius 3 is 2.55 bits per heavy atom. The topological polar surface area (TPSA) is 65.8 Å². The number of aryl methyl sites for hydroxylation is 1. The molecule has 8 heteroatoms. The van der Waals surface area contributed by atoms with Crippen LogP contribution in [0, 0.1) is 0 Å². The van der Waals surface area contributed by atoms with E-state index in [4.69, 9.17) is 4.42 Å². The third-order valence-corrected chi connectivity index (χ3v) is 2.96. The van der Waals surface area contributed by atoms with E-state index >= 15 is 0 Å². The molecule has 3 aromatic rings. The quantitative estimate of drug-likeness (QED) is 0.737. The molecule has 1 aromatic carbocycles. The Morgan fingerprint density at radius 1 is 1.25 bits per heavy atom. The maximum absolute atomic E-state index is 12.5. The van der Waals surface area contributed by atoms with Crippen LogP contribution in [0.1, 0.15) is 19.2 Å². The molecule has 0 aliphatic heterocycles. The summed E-state index contributed by atoms with van der Waals surface area (Å²) in [6, 6.07) is 6.73. The lowest BCUT2D eigenvalue weighted by atomic mass is 10.3. The number of hydrogen-bond donors (Lipinski definition) is 0. The second-order valence-electron chi connectivity index (χ2n) is 4.07. The maximum Gasteiger partial charge on any atom is 0.337 e. The Kier molecular flexibility index (Phi) is 2.85. The lowest BCUT2D eigenvalue weighted by Gasteiger charge is -1.95. The van der Waals surface area contributed by atoms with Gasteiger partial charge in [-0.25, -0.2) is 9.36 Å². The maximum atomic E-state index is 12.5. The van der Waals surface area contributed by atoms with Gasteiger partial charge in [-0.2, -0.15) is 8.78 Å². The van der Waals surface area contributed by atoms with Gasteiger partial charge in [0.15, 0.2) is 0 Å². The third kappa shape index (κ3) is 1.72. The monoisotopic (exact) mass is 280 g/mol. The van der Waals surface area contributed by atoms with E-state index in [1.165, 1.54) is 4.57 Å². The summed E-state index contributed by atoms with van der Waals surface area (Å²) in [5.41, 5.74) is 0.804. The molecular weight excluding hydrogens is 270 g/mol. The Morgan fingerprint density at radius 2 is 1.95 bits per heavy atom. The molecule has 0 radical (unpaired) electrons. The Labute approximate surface area is 111 Å². The first-order valence-corrected chi connectivity index (χ1v) is 5.95. The average molecular weight is 280 g/mol. The van der Waals surface area contributed by atoms with Gasteiger partial charge in [-0.1, -0.05) is 17.2 Å². The third-order valence-electron chi connectivity index (χ3n) is 2.96. The first-order chi connectivity index (χ1) is 9.63. The molecule has 0 spiro atoms. The number of benzene rings is 1. The van der Waals surface area contributed by atoms with E-state index in [2.05, 4.69) is 10.2 Å². The van der Waals surface area contributed by atoms with Crippen molar-refractivity contribution in [3.63, 3.8) is 0 Å². The summed E-state index contributed by atoms with van der Waals surface area (Å²) in [4.78, 5) is 12.3. The average Bonchev–Trinajstić information content (AvgIpc) is 3.00. The van der Waals surface area contributed by atoms with Crippen molar-refractivity contribution in [1.82, 2.24) is 19.3 Å². The van der Waals surface area contributed by atoms with Crippen molar-refractivity contribution >= 4 is 11.0 Å². The van der Waals surface area contributed by atoms with E-state index < -0.39 is 18.0 Å². The van der Waals surface area contributed by atoms with Crippen molar-refractivity contribution in [1.29, 1.82) is 0 Å². The summed E-state index contributed by atoms with van der Waals surface area (Å²) >= 11 is 0. The molecule has 0 saturated carbocycles. The number of halogens is 2. The van der Waals surface area contributed by atoms with Gasteiger partial charge in [-0.3, -0.25) is 4.57 Å². The minimum Gasteiger partial charge on any atom is -0.401 e. The second kappa shape index (κ2) is 4.55. The number of aromatic nitrogens is 4. The minimum absolute atomic E-state index is 0.256. The van der Waals surface area contributed by atoms with Crippen molar-refractivity contribution in [2.24, 2.45) is 0 Å². The van der Waals surface area contributed by atoms with Gasteiger partial charge < -0.3 is 4.42 Å². The van der Waals surface area contributed by atoms with Crippen molar-refractivity contribution in [3.8, 4) is 6.01 Å². The first-order valence-electron chi connectivity index (χ1n) is 5.95. The molecule has 3 rings (SSSR count). The van der Waals surface area contributed by atoms with Crippen molar-refractivity contribution < 1.29 is 13.2 Å². The Bertz CT molecular complexity index is 818. The molecule has 20 heavy (non-hydrogen) atoms. The summed E-state index contributed by atoms with van der Waals surface area (Å²) in [7, 11) is 0.